The van der Waals surface area contributed by atoms with Crippen LogP contribution in [0, 0.1) is 5.92 Å². The normalized spacial score (nSPS) is 25.3. The topological polar surface area (TPSA) is 37.3 Å². The first-order chi connectivity index (χ1) is 6.80. The van der Waals surface area contributed by atoms with E-state index in [-0.39, 0.29) is 5.92 Å². The minimum absolute atomic E-state index is 0.149. The largest absolute Gasteiger partial charge is 0.481 e. The molecule has 1 atom stereocenters. The van der Waals surface area contributed by atoms with Gasteiger partial charge in [0, 0.05) is 0 Å². The minimum atomic E-state index is -0.631. The Morgan fingerprint density at radius 1 is 1.07 bits per heavy atom. The number of carboxylic acids is 1. The molecule has 0 aromatic carbocycles. The second-order valence-electron chi connectivity index (χ2n) is 4.09. The summed E-state index contributed by atoms with van der Waals surface area (Å²) in [6.07, 6.45) is 13.0. The maximum Gasteiger partial charge on any atom is 0.306 e. The van der Waals surface area contributed by atoms with Crippen molar-refractivity contribution in [2.24, 2.45) is 5.92 Å². The Bertz CT molecular complexity index is 196. The Kier molecular flexibility index (Phi) is 5.35. The molecule has 1 N–H and O–H groups in total. The van der Waals surface area contributed by atoms with Crippen LogP contribution in [0.15, 0.2) is 12.2 Å². The van der Waals surface area contributed by atoms with Gasteiger partial charge in [0.25, 0.3) is 0 Å². The zero-order valence-corrected chi connectivity index (χ0v) is 8.74. The molecule has 1 rings (SSSR count). The van der Waals surface area contributed by atoms with E-state index in [1.807, 2.05) is 6.08 Å². The summed E-state index contributed by atoms with van der Waals surface area (Å²) < 4.78 is 0. The van der Waals surface area contributed by atoms with Crippen LogP contribution in [0.3, 0.4) is 0 Å². The third kappa shape index (κ3) is 4.45. The first kappa shape index (κ1) is 11.3. The molecule has 80 valence electrons. The maximum absolute atomic E-state index is 10.9. The fraction of sp³-hybridized carbons (Fsp3) is 0.750. The van der Waals surface area contributed by atoms with Crippen LogP contribution in [0.2, 0.25) is 0 Å². The van der Waals surface area contributed by atoms with Crippen LogP contribution >= 0.6 is 0 Å². The lowest BCUT2D eigenvalue weighted by Crippen LogP contribution is -2.12. The van der Waals surface area contributed by atoms with Gasteiger partial charge >= 0.3 is 5.97 Å². The van der Waals surface area contributed by atoms with E-state index >= 15 is 0 Å². The molecule has 1 unspecified atom stereocenters. The molecule has 0 fully saturated rings. The standard InChI is InChI=1S/C12H20O2/c13-12(14)11-9-7-5-3-1-2-4-6-8-10-11/h5,7,11H,1-4,6,8-10H2,(H,13,14). The number of allylic oxidation sites excluding steroid dienone is 2. The summed E-state index contributed by atoms with van der Waals surface area (Å²) in [6, 6.07) is 0. The highest BCUT2D eigenvalue weighted by Crippen LogP contribution is 2.17. The van der Waals surface area contributed by atoms with E-state index in [0.717, 1.165) is 25.7 Å². The molecule has 1 aliphatic carbocycles. The highest BCUT2D eigenvalue weighted by Gasteiger charge is 2.15. The molecule has 2 nitrogen and oxygen atoms in total. The highest BCUT2D eigenvalue weighted by molar-refractivity contribution is 5.70. The van der Waals surface area contributed by atoms with E-state index in [9.17, 15) is 4.79 Å². The van der Waals surface area contributed by atoms with Gasteiger partial charge in [0.05, 0.1) is 5.92 Å². The van der Waals surface area contributed by atoms with Crippen molar-refractivity contribution in [2.45, 2.75) is 51.4 Å². The molecule has 0 heterocycles. The smallest absolute Gasteiger partial charge is 0.306 e. The van der Waals surface area contributed by atoms with Crippen LogP contribution < -0.4 is 0 Å². The fourth-order valence-corrected chi connectivity index (χ4v) is 1.90. The Morgan fingerprint density at radius 2 is 1.79 bits per heavy atom. The molecule has 0 aromatic rings. The maximum atomic E-state index is 10.9. The van der Waals surface area contributed by atoms with Gasteiger partial charge in [-0.25, -0.2) is 0 Å². The van der Waals surface area contributed by atoms with E-state index in [1.165, 1.54) is 25.7 Å². The lowest BCUT2D eigenvalue weighted by atomic mass is 9.98. The number of rotatable bonds is 1. The van der Waals surface area contributed by atoms with Gasteiger partial charge in [0.1, 0.15) is 0 Å². The monoisotopic (exact) mass is 196 g/mol. The SMILES string of the molecule is O=C(O)C1CC=CCCCCCCC1. The lowest BCUT2D eigenvalue weighted by Gasteiger charge is -2.08. The van der Waals surface area contributed by atoms with Gasteiger partial charge in [-0.05, 0) is 25.7 Å². The molecule has 0 aromatic heterocycles. The van der Waals surface area contributed by atoms with Crippen molar-refractivity contribution in [3.63, 3.8) is 0 Å². The number of hydrogen-bond donors (Lipinski definition) is 1. The third-order valence-electron chi connectivity index (χ3n) is 2.86. The van der Waals surface area contributed by atoms with Crippen molar-refractivity contribution in [3.8, 4) is 0 Å². The average Bonchev–Trinajstić information content (AvgIpc) is 2.21. The van der Waals surface area contributed by atoms with Crippen LogP contribution in [-0.2, 0) is 4.79 Å². The van der Waals surface area contributed by atoms with Crippen molar-refractivity contribution in [1.82, 2.24) is 0 Å². The third-order valence-corrected chi connectivity index (χ3v) is 2.86. The van der Waals surface area contributed by atoms with E-state index in [0.29, 0.717) is 0 Å². The molecule has 0 amide bonds. The number of hydrogen-bond acceptors (Lipinski definition) is 1. The Labute approximate surface area is 86.0 Å². The highest BCUT2D eigenvalue weighted by atomic mass is 16.4. The van der Waals surface area contributed by atoms with Gasteiger partial charge in [-0.1, -0.05) is 37.8 Å². The predicted octanol–water partition coefficient (Wildman–Crippen LogP) is 3.38. The van der Waals surface area contributed by atoms with Gasteiger partial charge in [-0.2, -0.15) is 0 Å². The minimum Gasteiger partial charge on any atom is -0.481 e. The van der Waals surface area contributed by atoms with Crippen molar-refractivity contribution in [3.05, 3.63) is 12.2 Å². The Hall–Kier alpha value is -0.790. The molecular formula is C12H20O2. The van der Waals surface area contributed by atoms with Crippen LogP contribution in [0.4, 0.5) is 0 Å². The van der Waals surface area contributed by atoms with Crippen LogP contribution in [0.25, 0.3) is 0 Å². The summed E-state index contributed by atoms with van der Waals surface area (Å²) in [6.45, 7) is 0. The van der Waals surface area contributed by atoms with E-state index in [1.54, 1.807) is 0 Å². The first-order valence-corrected chi connectivity index (χ1v) is 5.68. The quantitative estimate of drug-likeness (QED) is 0.653. The summed E-state index contributed by atoms with van der Waals surface area (Å²) >= 11 is 0. The molecule has 1 aliphatic rings. The summed E-state index contributed by atoms with van der Waals surface area (Å²) in [5.41, 5.74) is 0. The average molecular weight is 196 g/mol. The lowest BCUT2D eigenvalue weighted by molar-refractivity contribution is -0.141. The van der Waals surface area contributed by atoms with E-state index in [4.69, 9.17) is 5.11 Å². The summed E-state index contributed by atoms with van der Waals surface area (Å²) in [5, 5.41) is 8.95. The molecular weight excluding hydrogens is 176 g/mol. The fourth-order valence-electron chi connectivity index (χ4n) is 1.90. The predicted molar refractivity (Wildman–Crippen MR) is 57.2 cm³/mol. The molecule has 0 saturated heterocycles. The van der Waals surface area contributed by atoms with Crippen molar-refractivity contribution in [1.29, 1.82) is 0 Å². The first-order valence-electron chi connectivity index (χ1n) is 5.68. The second-order valence-corrected chi connectivity index (χ2v) is 4.09. The Balaban J connectivity index is 2.41. The van der Waals surface area contributed by atoms with E-state index in [2.05, 4.69) is 6.08 Å². The van der Waals surface area contributed by atoms with Gasteiger partial charge in [0.2, 0.25) is 0 Å². The zero-order chi connectivity index (χ0) is 10.2. The van der Waals surface area contributed by atoms with Gasteiger partial charge < -0.3 is 5.11 Å². The number of carbonyl (C=O) groups is 1. The number of aliphatic carboxylic acids is 1. The van der Waals surface area contributed by atoms with E-state index < -0.39 is 5.97 Å². The van der Waals surface area contributed by atoms with Gasteiger partial charge in [-0.3, -0.25) is 4.79 Å². The van der Waals surface area contributed by atoms with Gasteiger partial charge in [-0.15, -0.1) is 0 Å². The number of carboxylic acid groups (broad SMARTS) is 1. The molecule has 0 radical (unpaired) electrons. The molecule has 0 bridgehead atoms. The Morgan fingerprint density at radius 3 is 2.57 bits per heavy atom. The summed E-state index contributed by atoms with van der Waals surface area (Å²) in [5.74, 6) is -0.779. The van der Waals surface area contributed by atoms with Gasteiger partial charge in [0.15, 0.2) is 0 Å². The molecule has 2 heteroatoms. The van der Waals surface area contributed by atoms with Crippen molar-refractivity contribution in [2.75, 3.05) is 0 Å². The van der Waals surface area contributed by atoms with Crippen LogP contribution in [0.1, 0.15) is 51.4 Å². The molecule has 0 spiro atoms. The summed E-state index contributed by atoms with van der Waals surface area (Å²) in [4.78, 5) is 10.9. The molecule has 0 aliphatic heterocycles. The molecule has 14 heavy (non-hydrogen) atoms. The summed E-state index contributed by atoms with van der Waals surface area (Å²) in [7, 11) is 0. The molecule has 0 saturated carbocycles. The second kappa shape index (κ2) is 6.63. The van der Waals surface area contributed by atoms with Crippen LogP contribution in [0.5, 0.6) is 0 Å². The van der Waals surface area contributed by atoms with Crippen molar-refractivity contribution >= 4 is 5.97 Å². The zero-order valence-electron chi connectivity index (χ0n) is 8.74. The van der Waals surface area contributed by atoms with Crippen molar-refractivity contribution < 1.29 is 9.90 Å². The van der Waals surface area contributed by atoms with Crippen LogP contribution in [-0.4, -0.2) is 11.1 Å².